The van der Waals surface area contributed by atoms with Crippen LogP contribution in [0.25, 0.3) is 0 Å². The lowest BCUT2D eigenvalue weighted by Crippen LogP contribution is -2.44. The van der Waals surface area contributed by atoms with Crippen molar-refractivity contribution < 1.29 is 9.53 Å². The largest absolute Gasteiger partial charge is 0.381 e. The zero-order chi connectivity index (χ0) is 16.1. The highest BCUT2D eigenvalue weighted by Crippen LogP contribution is 2.19. The fraction of sp³-hybridized carbons (Fsp3) is 0.688. The molecule has 2 fully saturated rings. The minimum Gasteiger partial charge on any atom is -0.381 e. The van der Waals surface area contributed by atoms with Gasteiger partial charge in [0.2, 0.25) is 5.91 Å². The van der Waals surface area contributed by atoms with Crippen molar-refractivity contribution >= 4 is 5.91 Å². The molecule has 0 unspecified atom stereocenters. The van der Waals surface area contributed by atoms with Crippen LogP contribution in [-0.4, -0.2) is 71.1 Å². The Hall–Kier alpha value is -1.57. The highest BCUT2D eigenvalue weighted by atomic mass is 16.5. The van der Waals surface area contributed by atoms with E-state index in [0.717, 1.165) is 51.4 Å². The van der Waals surface area contributed by atoms with E-state index in [4.69, 9.17) is 10.5 Å². The van der Waals surface area contributed by atoms with E-state index in [9.17, 15) is 4.79 Å². The number of aromatic nitrogens is 2. The number of amides is 1. The number of hydrogen-bond donors (Lipinski definition) is 1. The summed E-state index contributed by atoms with van der Waals surface area (Å²) in [4.78, 5) is 25.0. The molecule has 0 bridgehead atoms. The van der Waals surface area contributed by atoms with Gasteiger partial charge in [-0.3, -0.25) is 24.6 Å². The summed E-state index contributed by atoms with van der Waals surface area (Å²) in [5.74, 6) is -0.356. The molecule has 0 aliphatic carbocycles. The first-order chi connectivity index (χ1) is 11.2. The molecule has 3 rings (SSSR count). The minimum absolute atomic E-state index is 0.142. The number of hydrogen-bond acceptors (Lipinski definition) is 6. The molecular weight excluding hydrogens is 294 g/mol. The predicted molar refractivity (Wildman–Crippen MR) is 85.4 cm³/mol. The maximum Gasteiger partial charge on any atom is 0.223 e. The molecule has 0 spiro atoms. The van der Waals surface area contributed by atoms with E-state index in [1.54, 1.807) is 18.6 Å². The van der Waals surface area contributed by atoms with Crippen LogP contribution in [0.2, 0.25) is 0 Å². The quantitative estimate of drug-likeness (QED) is 0.832. The predicted octanol–water partition coefficient (Wildman–Crippen LogP) is -0.125. The Morgan fingerprint density at radius 2 is 2.09 bits per heavy atom. The van der Waals surface area contributed by atoms with Crippen LogP contribution in [0.15, 0.2) is 18.6 Å². The minimum atomic E-state index is -0.215. The SMILES string of the molecule is NC(=O)[C@@H]1CN(Cc2cnccn2)CCN(C2CCOCC2)C1. The lowest BCUT2D eigenvalue weighted by atomic mass is 10.0. The van der Waals surface area contributed by atoms with Crippen LogP contribution < -0.4 is 5.73 Å². The molecule has 1 amide bonds. The van der Waals surface area contributed by atoms with Crippen LogP contribution in [0, 0.1) is 5.92 Å². The molecule has 23 heavy (non-hydrogen) atoms. The summed E-state index contributed by atoms with van der Waals surface area (Å²) in [5, 5.41) is 0. The molecular formula is C16H25N5O2. The number of carbonyl (C=O) groups is 1. The van der Waals surface area contributed by atoms with Gasteiger partial charge < -0.3 is 10.5 Å². The van der Waals surface area contributed by atoms with Gasteiger partial charge in [0.25, 0.3) is 0 Å². The summed E-state index contributed by atoms with van der Waals surface area (Å²) in [6, 6.07) is 0.502. The van der Waals surface area contributed by atoms with Gasteiger partial charge >= 0.3 is 0 Å². The van der Waals surface area contributed by atoms with E-state index >= 15 is 0 Å². The van der Waals surface area contributed by atoms with Crippen molar-refractivity contribution in [3.63, 3.8) is 0 Å². The molecule has 1 atom stereocenters. The number of ether oxygens (including phenoxy) is 1. The van der Waals surface area contributed by atoms with Crippen LogP contribution in [0.4, 0.5) is 0 Å². The Bertz CT molecular complexity index is 506. The Morgan fingerprint density at radius 1 is 1.26 bits per heavy atom. The highest BCUT2D eigenvalue weighted by molar-refractivity contribution is 5.77. The fourth-order valence-corrected chi connectivity index (χ4v) is 3.45. The molecule has 2 aliphatic heterocycles. The Labute approximate surface area is 136 Å². The van der Waals surface area contributed by atoms with Crippen LogP contribution in [0.5, 0.6) is 0 Å². The van der Waals surface area contributed by atoms with Crippen molar-refractivity contribution in [1.29, 1.82) is 0 Å². The first-order valence-corrected chi connectivity index (χ1v) is 8.30. The second kappa shape index (κ2) is 7.81. The summed E-state index contributed by atoms with van der Waals surface area (Å²) in [5.41, 5.74) is 6.57. The van der Waals surface area contributed by atoms with E-state index < -0.39 is 0 Å². The zero-order valence-corrected chi connectivity index (χ0v) is 13.4. The van der Waals surface area contributed by atoms with Gasteiger partial charge in [-0.2, -0.15) is 0 Å². The van der Waals surface area contributed by atoms with Gasteiger partial charge in [0.1, 0.15) is 0 Å². The molecule has 7 heteroatoms. The van der Waals surface area contributed by atoms with Crippen LogP contribution in [0.3, 0.4) is 0 Å². The summed E-state index contributed by atoms with van der Waals surface area (Å²) in [7, 11) is 0. The highest BCUT2D eigenvalue weighted by Gasteiger charge is 2.31. The molecule has 126 valence electrons. The standard InChI is InChI=1S/C16H25N5O2/c17-16(22)13-10-20(12-14-9-18-3-4-19-14)5-6-21(11-13)15-1-7-23-8-2-15/h3-4,9,13,15H,1-2,5-8,10-12H2,(H2,17,22)/t13-/m1/s1. The van der Waals surface area contributed by atoms with Gasteiger partial charge in [-0.1, -0.05) is 0 Å². The lowest BCUT2D eigenvalue weighted by Gasteiger charge is -2.34. The third kappa shape index (κ3) is 4.46. The van der Waals surface area contributed by atoms with Crippen molar-refractivity contribution in [1.82, 2.24) is 19.8 Å². The third-order valence-corrected chi connectivity index (χ3v) is 4.75. The first-order valence-electron chi connectivity index (χ1n) is 8.30. The molecule has 1 aromatic rings. The van der Waals surface area contributed by atoms with Gasteiger partial charge in [0.05, 0.1) is 11.6 Å². The van der Waals surface area contributed by atoms with Crippen molar-refractivity contribution in [2.45, 2.75) is 25.4 Å². The summed E-state index contributed by atoms with van der Waals surface area (Å²) < 4.78 is 5.45. The fourth-order valence-electron chi connectivity index (χ4n) is 3.45. The normalized spacial score (nSPS) is 25.1. The van der Waals surface area contributed by atoms with E-state index in [-0.39, 0.29) is 11.8 Å². The monoisotopic (exact) mass is 319 g/mol. The third-order valence-electron chi connectivity index (χ3n) is 4.75. The van der Waals surface area contributed by atoms with Gasteiger partial charge in [0, 0.05) is 70.6 Å². The molecule has 0 saturated carbocycles. The average molecular weight is 319 g/mol. The van der Waals surface area contributed by atoms with Gasteiger partial charge in [-0.15, -0.1) is 0 Å². The van der Waals surface area contributed by atoms with Crippen molar-refractivity contribution in [2.24, 2.45) is 11.7 Å². The zero-order valence-electron chi connectivity index (χ0n) is 13.4. The number of primary amides is 1. The Kier molecular flexibility index (Phi) is 5.53. The topological polar surface area (TPSA) is 84.6 Å². The Morgan fingerprint density at radius 3 is 2.78 bits per heavy atom. The Balaban J connectivity index is 1.66. The molecule has 0 aromatic carbocycles. The van der Waals surface area contributed by atoms with Crippen molar-refractivity contribution in [3.05, 3.63) is 24.3 Å². The summed E-state index contributed by atoms with van der Waals surface area (Å²) in [6.07, 6.45) is 7.23. The summed E-state index contributed by atoms with van der Waals surface area (Å²) in [6.45, 7) is 5.63. The van der Waals surface area contributed by atoms with Crippen LogP contribution in [0.1, 0.15) is 18.5 Å². The molecule has 2 aliphatic rings. The number of nitrogens with two attached hydrogens (primary N) is 1. The van der Waals surface area contributed by atoms with Crippen molar-refractivity contribution in [3.8, 4) is 0 Å². The maximum atomic E-state index is 11.8. The van der Waals surface area contributed by atoms with Gasteiger partial charge in [-0.05, 0) is 12.8 Å². The average Bonchev–Trinajstić information content (AvgIpc) is 2.80. The van der Waals surface area contributed by atoms with Gasteiger partial charge in [0.15, 0.2) is 0 Å². The van der Waals surface area contributed by atoms with Crippen LogP contribution in [-0.2, 0) is 16.1 Å². The van der Waals surface area contributed by atoms with Crippen molar-refractivity contribution in [2.75, 3.05) is 39.4 Å². The summed E-state index contributed by atoms with van der Waals surface area (Å²) >= 11 is 0. The smallest absolute Gasteiger partial charge is 0.223 e. The number of carbonyl (C=O) groups excluding carboxylic acids is 1. The lowest BCUT2D eigenvalue weighted by molar-refractivity contribution is -0.122. The van der Waals surface area contributed by atoms with Crippen LogP contribution >= 0.6 is 0 Å². The second-order valence-corrected chi connectivity index (χ2v) is 6.37. The molecule has 0 radical (unpaired) electrons. The molecule has 3 heterocycles. The van der Waals surface area contributed by atoms with Gasteiger partial charge in [-0.25, -0.2) is 0 Å². The molecule has 1 aromatic heterocycles. The number of rotatable bonds is 4. The van der Waals surface area contributed by atoms with E-state index in [2.05, 4.69) is 19.8 Å². The molecule has 7 nitrogen and oxygen atoms in total. The second-order valence-electron chi connectivity index (χ2n) is 6.37. The van der Waals surface area contributed by atoms with E-state index in [1.165, 1.54) is 0 Å². The maximum absolute atomic E-state index is 11.8. The molecule has 2 N–H and O–H groups in total. The first kappa shape index (κ1) is 16.3. The molecule has 2 saturated heterocycles. The van der Waals surface area contributed by atoms with E-state index in [1.807, 2.05) is 0 Å². The number of nitrogens with zero attached hydrogens (tertiary/aromatic N) is 4. The van der Waals surface area contributed by atoms with E-state index in [0.29, 0.717) is 19.1 Å².